The molecule has 1 rings (SSSR count). The van der Waals surface area contributed by atoms with Gasteiger partial charge in [0.2, 0.25) is 0 Å². The lowest BCUT2D eigenvalue weighted by molar-refractivity contribution is -0.144. The molecule has 14 heavy (non-hydrogen) atoms. The maximum Gasteiger partial charge on any atom is 0.323 e. The van der Waals surface area contributed by atoms with Gasteiger partial charge in [-0.05, 0) is 11.4 Å². The first-order valence-electron chi connectivity index (χ1n) is 4.29. The lowest BCUT2D eigenvalue weighted by Crippen LogP contribution is -2.34. The van der Waals surface area contributed by atoms with Crippen molar-refractivity contribution in [1.82, 2.24) is 0 Å². The van der Waals surface area contributed by atoms with Crippen LogP contribution in [0.2, 0.25) is 0 Å². The highest BCUT2D eigenvalue weighted by Crippen LogP contribution is 2.08. The van der Waals surface area contributed by atoms with Gasteiger partial charge in [0, 0.05) is 17.1 Å². The molecule has 5 heteroatoms. The smallest absolute Gasteiger partial charge is 0.323 e. The van der Waals surface area contributed by atoms with E-state index in [9.17, 15) is 4.79 Å². The summed E-state index contributed by atoms with van der Waals surface area (Å²) < 4.78 is 4.96. The number of carbonyl (C=O) groups excluding carboxylic acids is 1. The predicted octanol–water partition coefficient (Wildman–Crippen LogP) is 1.09. The van der Waals surface area contributed by atoms with Crippen LogP contribution >= 0.6 is 24.0 Å². The molecule has 78 valence electrons. The molecule has 0 bridgehead atoms. The Morgan fingerprint density at radius 2 is 2.50 bits per heavy atom. The van der Waals surface area contributed by atoms with Crippen LogP contribution in [0.3, 0.4) is 0 Å². The Kier molecular flexibility index (Phi) is 5.00. The minimum atomic E-state index is -0.610. The van der Waals surface area contributed by atoms with Gasteiger partial charge in [0.1, 0.15) is 6.04 Å². The monoisotopic (exact) mass is 231 g/mol. The molecular formula is C9H13NO2S2. The number of ether oxygens (including phenoxy) is 1. The Bertz CT molecular complexity index is 274. The van der Waals surface area contributed by atoms with Crippen LogP contribution in [-0.2, 0) is 16.0 Å². The highest BCUT2D eigenvalue weighted by Gasteiger charge is 2.12. The summed E-state index contributed by atoms with van der Waals surface area (Å²) in [5, 5.41) is 2.00. The van der Waals surface area contributed by atoms with Crippen molar-refractivity contribution in [3.8, 4) is 0 Å². The maximum atomic E-state index is 11.1. The summed E-state index contributed by atoms with van der Waals surface area (Å²) in [5.41, 5.74) is 5.43. The molecule has 1 aromatic heterocycles. The van der Waals surface area contributed by atoms with Crippen molar-refractivity contribution in [2.24, 2.45) is 5.73 Å². The van der Waals surface area contributed by atoms with Gasteiger partial charge in [0.15, 0.2) is 0 Å². The molecule has 0 aliphatic heterocycles. The number of carbonyl (C=O) groups is 1. The molecule has 0 fully saturated rings. The highest BCUT2D eigenvalue weighted by atomic mass is 32.1. The van der Waals surface area contributed by atoms with Gasteiger partial charge in [-0.2, -0.15) is 12.6 Å². The van der Waals surface area contributed by atoms with Crippen LogP contribution in [0.1, 0.15) is 4.88 Å². The van der Waals surface area contributed by atoms with Gasteiger partial charge in [-0.15, -0.1) is 11.3 Å². The van der Waals surface area contributed by atoms with Crippen LogP contribution in [-0.4, -0.2) is 24.4 Å². The van der Waals surface area contributed by atoms with Crippen molar-refractivity contribution >= 4 is 29.9 Å². The van der Waals surface area contributed by atoms with Crippen molar-refractivity contribution in [3.05, 3.63) is 22.4 Å². The fourth-order valence-corrected chi connectivity index (χ4v) is 1.73. The number of esters is 1. The second kappa shape index (κ2) is 6.06. The zero-order valence-electron chi connectivity index (χ0n) is 7.68. The summed E-state index contributed by atoms with van der Waals surface area (Å²) in [7, 11) is 0. The third-order valence-corrected chi connectivity index (χ3v) is 3.00. The van der Waals surface area contributed by atoms with Crippen molar-refractivity contribution in [3.63, 3.8) is 0 Å². The van der Waals surface area contributed by atoms with E-state index in [-0.39, 0.29) is 5.97 Å². The second-order valence-electron chi connectivity index (χ2n) is 2.79. The van der Waals surface area contributed by atoms with E-state index in [1.165, 1.54) is 4.88 Å². The molecule has 0 saturated heterocycles. The first-order valence-corrected chi connectivity index (χ1v) is 5.80. The number of hydrogen-bond donors (Lipinski definition) is 2. The molecule has 0 radical (unpaired) electrons. The number of thiophene rings is 1. The molecule has 0 saturated carbocycles. The molecule has 0 spiro atoms. The normalized spacial score (nSPS) is 12.4. The number of hydrogen-bond acceptors (Lipinski definition) is 5. The van der Waals surface area contributed by atoms with Gasteiger partial charge in [0.25, 0.3) is 0 Å². The molecule has 3 nitrogen and oxygen atoms in total. The largest absolute Gasteiger partial charge is 0.464 e. The Labute approximate surface area is 92.7 Å². The van der Waals surface area contributed by atoms with E-state index in [1.807, 2.05) is 17.5 Å². The standard InChI is InChI=1S/C9H13NO2S2/c10-8(6-13)9(11)12-4-3-7-2-1-5-14-7/h1-2,5,8,13H,3-4,6,10H2/t8-/m0/s1. The quantitative estimate of drug-likeness (QED) is 0.589. The summed E-state index contributed by atoms with van der Waals surface area (Å²) in [6.07, 6.45) is 0.753. The minimum absolute atomic E-state index is 0.317. The average molecular weight is 231 g/mol. The minimum Gasteiger partial charge on any atom is -0.464 e. The van der Waals surface area contributed by atoms with Gasteiger partial charge in [0.05, 0.1) is 6.61 Å². The van der Waals surface area contributed by atoms with Gasteiger partial charge in [-0.25, -0.2) is 0 Å². The lowest BCUT2D eigenvalue weighted by atomic mass is 10.3. The van der Waals surface area contributed by atoms with E-state index < -0.39 is 6.04 Å². The van der Waals surface area contributed by atoms with Gasteiger partial charge < -0.3 is 10.5 Å². The Morgan fingerprint density at radius 1 is 1.71 bits per heavy atom. The molecule has 0 aromatic carbocycles. The van der Waals surface area contributed by atoms with E-state index in [0.717, 1.165) is 6.42 Å². The topological polar surface area (TPSA) is 52.3 Å². The van der Waals surface area contributed by atoms with Crippen LogP contribution in [0, 0.1) is 0 Å². The zero-order valence-corrected chi connectivity index (χ0v) is 9.39. The lowest BCUT2D eigenvalue weighted by Gasteiger charge is -2.07. The van der Waals surface area contributed by atoms with Crippen molar-refractivity contribution < 1.29 is 9.53 Å². The number of thiol groups is 1. The summed E-state index contributed by atoms with van der Waals surface area (Å²) in [4.78, 5) is 12.3. The van der Waals surface area contributed by atoms with Gasteiger partial charge >= 0.3 is 5.97 Å². The Balaban J connectivity index is 2.18. The highest BCUT2D eigenvalue weighted by molar-refractivity contribution is 7.80. The predicted molar refractivity (Wildman–Crippen MR) is 60.8 cm³/mol. The summed E-state index contributed by atoms with van der Waals surface area (Å²) >= 11 is 5.56. The van der Waals surface area contributed by atoms with Crippen LogP contribution in [0.25, 0.3) is 0 Å². The number of rotatable bonds is 5. The van der Waals surface area contributed by atoms with Crippen molar-refractivity contribution in [2.45, 2.75) is 12.5 Å². The fourth-order valence-electron chi connectivity index (χ4n) is 0.889. The molecular weight excluding hydrogens is 218 g/mol. The van der Waals surface area contributed by atoms with Crippen molar-refractivity contribution in [1.29, 1.82) is 0 Å². The van der Waals surface area contributed by atoms with Gasteiger partial charge in [-0.3, -0.25) is 4.79 Å². The molecule has 0 amide bonds. The molecule has 1 heterocycles. The molecule has 0 aliphatic carbocycles. The zero-order chi connectivity index (χ0) is 10.4. The molecule has 1 atom stereocenters. The molecule has 0 aliphatic rings. The Hall–Kier alpha value is -0.520. The molecule has 1 aromatic rings. The van der Waals surface area contributed by atoms with Crippen LogP contribution in [0.5, 0.6) is 0 Å². The molecule has 2 N–H and O–H groups in total. The maximum absolute atomic E-state index is 11.1. The van der Waals surface area contributed by atoms with E-state index in [2.05, 4.69) is 12.6 Å². The van der Waals surface area contributed by atoms with Gasteiger partial charge in [-0.1, -0.05) is 6.07 Å². The summed E-state index contributed by atoms with van der Waals surface area (Å²) in [6.45, 7) is 0.390. The number of nitrogens with two attached hydrogens (primary N) is 1. The van der Waals surface area contributed by atoms with Crippen LogP contribution < -0.4 is 5.73 Å². The average Bonchev–Trinajstić information content (AvgIpc) is 2.69. The van der Waals surface area contributed by atoms with E-state index >= 15 is 0 Å². The fraction of sp³-hybridized carbons (Fsp3) is 0.444. The van der Waals surface area contributed by atoms with E-state index in [0.29, 0.717) is 12.4 Å². The second-order valence-corrected chi connectivity index (χ2v) is 4.18. The summed E-state index contributed by atoms with van der Waals surface area (Å²) in [6, 6.07) is 3.37. The van der Waals surface area contributed by atoms with E-state index in [4.69, 9.17) is 10.5 Å². The SMILES string of the molecule is N[C@@H](CS)C(=O)OCCc1cccs1. The summed E-state index contributed by atoms with van der Waals surface area (Å²) in [5.74, 6) is -0.0609. The molecule has 0 unspecified atom stereocenters. The first kappa shape index (κ1) is 11.6. The first-order chi connectivity index (χ1) is 6.74. The third kappa shape index (κ3) is 3.69. The third-order valence-electron chi connectivity index (χ3n) is 1.67. The van der Waals surface area contributed by atoms with Crippen molar-refractivity contribution in [2.75, 3.05) is 12.4 Å². The van der Waals surface area contributed by atoms with E-state index in [1.54, 1.807) is 11.3 Å². The Morgan fingerprint density at radius 3 is 3.07 bits per heavy atom. The van der Waals surface area contributed by atoms with Crippen LogP contribution in [0.15, 0.2) is 17.5 Å². The van der Waals surface area contributed by atoms with Crippen LogP contribution in [0.4, 0.5) is 0 Å².